The van der Waals surface area contributed by atoms with Crippen molar-refractivity contribution in [2.45, 2.75) is 40.5 Å². The van der Waals surface area contributed by atoms with Crippen molar-refractivity contribution in [1.29, 1.82) is 0 Å². The molecule has 0 radical (unpaired) electrons. The van der Waals surface area contributed by atoms with Gasteiger partial charge in [-0.1, -0.05) is 27.7 Å². The van der Waals surface area contributed by atoms with Gasteiger partial charge in [-0.3, -0.25) is 14.5 Å². The van der Waals surface area contributed by atoms with E-state index >= 15 is 0 Å². The minimum absolute atomic E-state index is 0.0236. The van der Waals surface area contributed by atoms with Crippen LogP contribution in [0.3, 0.4) is 0 Å². The zero-order valence-electron chi connectivity index (χ0n) is 11.7. The summed E-state index contributed by atoms with van der Waals surface area (Å²) in [6.45, 7) is 8.35. The Hall–Kier alpha value is -0.900. The van der Waals surface area contributed by atoms with E-state index in [9.17, 15) is 14.7 Å². The zero-order chi connectivity index (χ0) is 13.7. The first kappa shape index (κ1) is 13.5. The first-order chi connectivity index (χ1) is 8.34. The SMILES string of the molecule is CCC(CC)(CO)CN1C(=O)C2C(C1=O)C2(C)C. The van der Waals surface area contributed by atoms with Crippen molar-refractivity contribution in [3.8, 4) is 0 Å². The number of aliphatic hydroxyl groups is 1. The van der Waals surface area contributed by atoms with Gasteiger partial charge >= 0.3 is 0 Å². The quantitative estimate of drug-likeness (QED) is 0.754. The minimum Gasteiger partial charge on any atom is -0.396 e. The van der Waals surface area contributed by atoms with Gasteiger partial charge in [0.15, 0.2) is 0 Å². The molecule has 1 aliphatic heterocycles. The maximum atomic E-state index is 12.2. The maximum Gasteiger partial charge on any atom is 0.233 e. The molecule has 0 aromatic rings. The lowest BCUT2D eigenvalue weighted by Crippen LogP contribution is -2.45. The predicted molar refractivity (Wildman–Crippen MR) is 67.6 cm³/mol. The normalized spacial score (nSPS) is 29.7. The first-order valence-electron chi connectivity index (χ1n) is 6.80. The van der Waals surface area contributed by atoms with Crippen LogP contribution in [0.5, 0.6) is 0 Å². The molecular formula is C14H23NO3. The molecule has 2 aliphatic rings. The van der Waals surface area contributed by atoms with E-state index in [4.69, 9.17) is 0 Å². The number of nitrogens with zero attached hydrogens (tertiary/aromatic N) is 1. The average Bonchev–Trinajstić information content (AvgIpc) is 2.82. The Morgan fingerprint density at radius 2 is 1.61 bits per heavy atom. The molecule has 0 spiro atoms. The number of amides is 2. The monoisotopic (exact) mass is 253 g/mol. The molecule has 0 aromatic heterocycles. The van der Waals surface area contributed by atoms with Gasteiger partial charge in [-0.2, -0.15) is 0 Å². The molecule has 0 aromatic carbocycles. The number of carbonyl (C=O) groups is 2. The number of hydrogen-bond donors (Lipinski definition) is 1. The van der Waals surface area contributed by atoms with Crippen LogP contribution in [-0.2, 0) is 9.59 Å². The Morgan fingerprint density at radius 3 is 1.94 bits per heavy atom. The van der Waals surface area contributed by atoms with Gasteiger partial charge in [0.05, 0.1) is 18.4 Å². The van der Waals surface area contributed by atoms with Crippen molar-refractivity contribution in [3.63, 3.8) is 0 Å². The van der Waals surface area contributed by atoms with Crippen molar-refractivity contribution in [2.24, 2.45) is 22.7 Å². The second-order valence-corrected chi connectivity index (χ2v) is 6.40. The number of imide groups is 1. The van der Waals surface area contributed by atoms with Gasteiger partial charge in [0.1, 0.15) is 0 Å². The van der Waals surface area contributed by atoms with Gasteiger partial charge in [-0.25, -0.2) is 0 Å². The summed E-state index contributed by atoms with van der Waals surface area (Å²) in [5, 5.41) is 9.54. The predicted octanol–water partition coefficient (Wildman–Crippen LogP) is 1.43. The molecule has 2 atom stereocenters. The number of carbonyl (C=O) groups excluding carboxylic acids is 2. The molecule has 1 heterocycles. The van der Waals surface area contributed by atoms with Crippen LogP contribution in [0.15, 0.2) is 0 Å². The molecule has 1 saturated heterocycles. The third kappa shape index (κ3) is 1.62. The highest BCUT2D eigenvalue weighted by atomic mass is 16.3. The van der Waals surface area contributed by atoms with Gasteiger partial charge in [0.25, 0.3) is 0 Å². The van der Waals surface area contributed by atoms with E-state index < -0.39 is 0 Å². The lowest BCUT2D eigenvalue weighted by Gasteiger charge is -2.34. The van der Waals surface area contributed by atoms with Crippen LogP contribution in [0.25, 0.3) is 0 Å². The maximum absolute atomic E-state index is 12.2. The number of piperidine rings is 1. The third-order valence-electron chi connectivity index (χ3n) is 5.22. The summed E-state index contributed by atoms with van der Waals surface area (Å²) in [6.07, 6.45) is 1.55. The van der Waals surface area contributed by atoms with Crippen molar-refractivity contribution >= 4 is 11.8 Å². The van der Waals surface area contributed by atoms with Gasteiger partial charge in [0, 0.05) is 12.0 Å². The van der Waals surface area contributed by atoms with Gasteiger partial charge in [0.2, 0.25) is 11.8 Å². The second-order valence-electron chi connectivity index (χ2n) is 6.40. The van der Waals surface area contributed by atoms with Gasteiger partial charge in [-0.15, -0.1) is 0 Å². The molecule has 1 N–H and O–H groups in total. The van der Waals surface area contributed by atoms with Crippen molar-refractivity contribution in [1.82, 2.24) is 4.90 Å². The average molecular weight is 253 g/mol. The molecule has 18 heavy (non-hydrogen) atoms. The van der Waals surface area contributed by atoms with E-state index in [1.54, 1.807) is 0 Å². The minimum atomic E-state index is -0.327. The van der Waals surface area contributed by atoms with E-state index in [0.717, 1.165) is 12.8 Å². The standard InChI is InChI=1S/C14H23NO3/c1-5-14(6-2,8-16)7-15-11(17)9-10(12(15)18)13(9,3)4/h9-10,16H,5-8H2,1-4H3. The van der Waals surface area contributed by atoms with Crippen molar-refractivity contribution in [2.75, 3.05) is 13.2 Å². The molecular weight excluding hydrogens is 230 g/mol. The summed E-state index contributed by atoms with van der Waals surface area (Å²) >= 11 is 0. The highest BCUT2D eigenvalue weighted by Gasteiger charge is 2.72. The number of likely N-dealkylation sites (tertiary alicyclic amines) is 1. The van der Waals surface area contributed by atoms with Crippen LogP contribution < -0.4 is 0 Å². The van der Waals surface area contributed by atoms with E-state index in [0.29, 0.717) is 6.54 Å². The Kier molecular flexibility index (Phi) is 3.05. The summed E-state index contributed by atoms with van der Waals surface area (Å²) in [6, 6.07) is 0. The van der Waals surface area contributed by atoms with Crippen molar-refractivity contribution in [3.05, 3.63) is 0 Å². The molecule has 2 rings (SSSR count). The Labute approximate surface area is 108 Å². The van der Waals surface area contributed by atoms with E-state index in [1.165, 1.54) is 4.90 Å². The highest BCUT2D eigenvalue weighted by molar-refractivity contribution is 6.10. The smallest absolute Gasteiger partial charge is 0.233 e. The van der Waals surface area contributed by atoms with E-state index in [1.807, 2.05) is 27.7 Å². The second kappa shape index (κ2) is 4.05. The zero-order valence-corrected chi connectivity index (χ0v) is 11.7. The lowest BCUT2D eigenvalue weighted by atomic mass is 9.82. The highest BCUT2D eigenvalue weighted by Crippen LogP contribution is 2.63. The molecule has 2 unspecified atom stereocenters. The van der Waals surface area contributed by atoms with Crippen LogP contribution in [0.4, 0.5) is 0 Å². The molecule has 2 amide bonds. The van der Waals surface area contributed by atoms with Crippen LogP contribution in [0.2, 0.25) is 0 Å². The summed E-state index contributed by atoms with van der Waals surface area (Å²) in [5.74, 6) is -0.297. The summed E-state index contributed by atoms with van der Waals surface area (Å²) in [4.78, 5) is 25.8. The first-order valence-corrected chi connectivity index (χ1v) is 6.80. The van der Waals surface area contributed by atoms with Crippen LogP contribution in [0.1, 0.15) is 40.5 Å². The van der Waals surface area contributed by atoms with E-state index in [2.05, 4.69) is 0 Å². The number of hydrogen-bond acceptors (Lipinski definition) is 3. The van der Waals surface area contributed by atoms with Crippen molar-refractivity contribution < 1.29 is 14.7 Å². The molecule has 2 fully saturated rings. The van der Waals surface area contributed by atoms with Crippen LogP contribution in [-0.4, -0.2) is 35.0 Å². The molecule has 0 bridgehead atoms. The van der Waals surface area contributed by atoms with Gasteiger partial charge < -0.3 is 5.11 Å². The largest absolute Gasteiger partial charge is 0.396 e. The lowest BCUT2D eigenvalue weighted by molar-refractivity contribution is -0.145. The Bertz CT molecular complexity index is 352. The van der Waals surface area contributed by atoms with Crippen LogP contribution >= 0.6 is 0 Å². The van der Waals surface area contributed by atoms with Gasteiger partial charge in [-0.05, 0) is 18.3 Å². The summed E-state index contributed by atoms with van der Waals surface area (Å²) in [5.41, 5.74) is -0.475. The molecule has 4 heteroatoms. The van der Waals surface area contributed by atoms with E-state index in [-0.39, 0.29) is 41.1 Å². The fourth-order valence-corrected chi connectivity index (χ4v) is 3.24. The molecule has 4 nitrogen and oxygen atoms in total. The molecule has 1 saturated carbocycles. The summed E-state index contributed by atoms with van der Waals surface area (Å²) in [7, 11) is 0. The number of aliphatic hydroxyl groups excluding tert-OH is 1. The number of rotatable bonds is 5. The summed E-state index contributed by atoms with van der Waals surface area (Å²) < 4.78 is 0. The fraction of sp³-hybridized carbons (Fsp3) is 0.857. The third-order valence-corrected chi connectivity index (χ3v) is 5.22. The topological polar surface area (TPSA) is 57.6 Å². The van der Waals surface area contributed by atoms with Crippen LogP contribution in [0, 0.1) is 22.7 Å². The Morgan fingerprint density at radius 1 is 1.17 bits per heavy atom. The molecule has 1 aliphatic carbocycles. The fourth-order valence-electron chi connectivity index (χ4n) is 3.24. The Balaban J connectivity index is 2.14. The number of fused-ring (bicyclic) bond motifs is 1. The molecule has 102 valence electrons.